The molecule has 0 saturated carbocycles. The van der Waals surface area contributed by atoms with Crippen molar-refractivity contribution in [3.05, 3.63) is 82.9 Å². The lowest BCUT2D eigenvalue weighted by Gasteiger charge is -2.32. The summed E-state index contributed by atoms with van der Waals surface area (Å²) in [4.78, 5) is 9.53. The van der Waals surface area contributed by atoms with E-state index in [1.165, 1.54) is 28.2 Å². The van der Waals surface area contributed by atoms with Gasteiger partial charge < -0.3 is 19.5 Å². The molecule has 0 spiro atoms. The highest BCUT2D eigenvalue weighted by molar-refractivity contribution is 7.80. The van der Waals surface area contributed by atoms with Gasteiger partial charge in [-0.25, -0.2) is 0 Å². The van der Waals surface area contributed by atoms with E-state index in [-0.39, 0.29) is 12.1 Å². The molecule has 5 rings (SSSR count). The van der Waals surface area contributed by atoms with Crippen LogP contribution in [0.25, 0.3) is 5.69 Å². The fourth-order valence-corrected chi connectivity index (χ4v) is 5.64. The SMILES string of the molecule is Cc1cccc(-n2c(C)cc([C@@H]3[C@@H](c4ccccn4)NC(=S)N3CCN3CCOCC3)c2C)c1. The first kappa shape index (κ1) is 23.0. The number of pyridine rings is 1. The lowest BCUT2D eigenvalue weighted by molar-refractivity contribution is 0.0350. The minimum absolute atomic E-state index is 0.00449. The van der Waals surface area contributed by atoms with Crippen LogP contribution < -0.4 is 5.32 Å². The van der Waals surface area contributed by atoms with Crippen molar-refractivity contribution in [2.24, 2.45) is 0 Å². The maximum atomic E-state index is 5.89. The van der Waals surface area contributed by atoms with Crippen LogP contribution in [0, 0.1) is 20.8 Å². The Kier molecular flexibility index (Phi) is 6.68. The van der Waals surface area contributed by atoms with Crippen LogP contribution in [-0.4, -0.2) is 63.9 Å². The number of nitrogens with one attached hydrogen (secondary N) is 1. The molecular formula is C27H33N5OS. The Hall–Kier alpha value is -2.74. The average Bonchev–Trinajstić information content (AvgIpc) is 3.33. The molecule has 2 fully saturated rings. The molecule has 2 aliphatic rings. The highest BCUT2D eigenvalue weighted by atomic mass is 32.1. The number of rotatable bonds is 6. The van der Waals surface area contributed by atoms with Gasteiger partial charge in [-0.15, -0.1) is 0 Å². The smallest absolute Gasteiger partial charge is 0.170 e. The first-order valence-electron chi connectivity index (χ1n) is 12.1. The Morgan fingerprint density at radius 1 is 1.03 bits per heavy atom. The van der Waals surface area contributed by atoms with Crippen molar-refractivity contribution in [2.75, 3.05) is 39.4 Å². The molecule has 34 heavy (non-hydrogen) atoms. The third kappa shape index (κ3) is 4.48. The minimum atomic E-state index is 0.00449. The lowest BCUT2D eigenvalue weighted by Crippen LogP contribution is -2.42. The Bertz CT molecular complexity index is 1160. The van der Waals surface area contributed by atoms with Gasteiger partial charge in [0.2, 0.25) is 0 Å². The van der Waals surface area contributed by atoms with Crippen molar-refractivity contribution >= 4 is 17.3 Å². The standard InChI is InChI=1S/C27H33N5OS/c1-19-7-6-8-22(17-19)32-20(2)18-23(21(32)3)26-25(24-9-4-5-10-28-24)29-27(34)31(26)12-11-30-13-15-33-16-14-30/h4-10,17-18,25-26H,11-16H2,1-3H3,(H,29,34)/t25-,26-/m1/s1. The second kappa shape index (κ2) is 9.86. The molecule has 4 heterocycles. The van der Waals surface area contributed by atoms with Crippen LogP contribution in [0.2, 0.25) is 0 Å². The molecule has 2 atom stereocenters. The third-order valence-electron chi connectivity index (χ3n) is 7.01. The number of hydrogen-bond donors (Lipinski definition) is 1. The summed E-state index contributed by atoms with van der Waals surface area (Å²) in [5.74, 6) is 0. The molecule has 0 amide bonds. The number of morpholine rings is 1. The highest BCUT2D eigenvalue weighted by Crippen LogP contribution is 2.41. The summed E-state index contributed by atoms with van der Waals surface area (Å²) in [6, 6.07) is 17.2. The molecule has 1 N–H and O–H groups in total. The van der Waals surface area contributed by atoms with Crippen molar-refractivity contribution in [1.29, 1.82) is 0 Å². The van der Waals surface area contributed by atoms with Crippen molar-refractivity contribution in [1.82, 2.24) is 24.7 Å². The summed E-state index contributed by atoms with van der Waals surface area (Å²) in [5, 5.41) is 4.40. The van der Waals surface area contributed by atoms with Crippen LogP contribution in [0.15, 0.2) is 54.7 Å². The maximum Gasteiger partial charge on any atom is 0.170 e. The molecule has 2 aromatic heterocycles. The van der Waals surface area contributed by atoms with Crippen LogP contribution in [0.5, 0.6) is 0 Å². The number of hydrogen-bond acceptors (Lipinski definition) is 4. The molecule has 0 aliphatic carbocycles. The van der Waals surface area contributed by atoms with Crippen LogP contribution in [0.3, 0.4) is 0 Å². The van der Waals surface area contributed by atoms with Gasteiger partial charge in [-0.1, -0.05) is 18.2 Å². The van der Waals surface area contributed by atoms with E-state index < -0.39 is 0 Å². The fraction of sp³-hybridized carbons (Fsp3) is 0.407. The zero-order valence-electron chi connectivity index (χ0n) is 20.2. The van der Waals surface area contributed by atoms with E-state index in [0.717, 1.165) is 50.2 Å². The van der Waals surface area contributed by atoms with Gasteiger partial charge in [0.1, 0.15) is 0 Å². The van der Waals surface area contributed by atoms with Gasteiger partial charge in [-0.05, 0) is 74.4 Å². The first-order chi connectivity index (χ1) is 16.5. The van der Waals surface area contributed by atoms with Crippen LogP contribution in [-0.2, 0) is 4.74 Å². The minimum Gasteiger partial charge on any atom is -0.379 e. The van der Waals surface area contributed by atoms with E-state index in [1.54, 1.807) is 0 Å². The van der Waals surface area contributed by atoms with E-state index >= 15 is 0 Å². The summed E-state index contributed by atoms with van der Waals surface area (Å²) in [7, 11) is 0. The van der Waals surface area contributed by atoms with E-state index in [4.69, 9.17) is 21.9 Å². The van der Waals surface area contributed by atoms with Crippen LogP contribution in [0.1, 0.15) is 40.3 Å². The predicted octanol–water partition coefficient (Wildman–Crippen LogP) is 4.10. The van der Waals surface area contributed by atoms with Crippen LogP contribution in [0.4, 0.5) is 0 Å². The van der Waals surface area contributed by atoms with E-state index in [2.05, 4.69) is 82.9 Å². The van der Waals surface area contributed by atoms with Crippen LogP contribution >= 0.6 is 12.2 Å². The Morgan fingerprint density at radius 2 is 1.85 bits per heavy atom. The highest BCUT2D eigenvalue weighted by Gasteiger charge is 2.41. The Labute approximate surface area is 207 Å². The number of benzene rings is 1. The largest absolute Gasteiger partial charge is 0.379 e. The van der Waals surface area contributed by atoms with Gasteiger partial charge in [-0.2, -0.15) is 0 Å². The van der Waals surface area contributed by atoms with Gasteiger partial charge in [0.15, 0.2) is 5.11 Å². The quantitative estimate of drug-likeness (QED) is 0.542. The first-order valence-corrected chi connectivity index (χ1v) is 12.5. The van der Waals surface area contributed by atoms with Crippen molar-refractivity contribution in [3.63, 3.8) is 0 Å². The zero-order valence-corrected chi connectivity index (χ0v) is 21.0. The molecule has 3 aromatic rings. The number of ether oxygens (including phenoxy) is 1. The van der Waals surface area contributed by atoms with E-state index in [9.17, 15) is 0 Å². The van der Waals surface area contributed by atoms with Crippen molar-refractivity contribution in [2.45, 2.75) is 32.9 Å². The summed E-state index contributed by atoms with van der Waals surface area (Å²) < 4.78 is 7.90. The number of thiocarbonyl (C=S) groups is 1. The number of aromatic nitrogens is 2. The molecule has 1 aromatic carbocycles. The number of aryl methyl sites for hydroxylation is 2. The van der Waals surface area contributed by atoms with E-state index in [1.807, 2.05) is 12.3 Å². The van der Waals surface area contributed by atoms with E-state index in [0.29, 0.717) is 0 Å². The molecular weight excluding hydrogens is 442 g/mol. The molecule has 7 heteroatoms. The molecule has 0 radical (unpaired) electrons. The second-order valence-electron chi connectivity index (χ2n) is 9.27. The molecule has 0 bridgehead atoms. The summed E-state index contributed by atoms with van der Waals surface area (Å²) >= 11 is 5.89. The maximum absolute atomic E-state index is 5.89. The Morgan fingerprint density at radius 3 is 2.59 bits per heavy atom. The normalized spacial score (nSPS) is 21.1. The zero-order chi connectivity index (χ0) is 23.7. The fourth-order valence-electron chi connectivity index (χ4n) is 5.31. The van der Waals surface area contributed by atoms with Gasteiger partial charge >= 0.3 is 0 Å². The van der Waals surface area contributed by atoms with Gasteiger partial charge in [-0.3, -0.25) is 9.88 Å². The predicted molar refractivity (Wildman–Crippen MR) is 139 cm³/mol. The van der Waals surface area contributed by atoms with Gasteiger partial charge in [0.25, 0.3) is 0 Å². The Balaban J connectivity index is 1.52. The molecule has 2 aliphatic heterocycles. The van der Waals surface area contributed by atoms with Crippen molar-refractivity contribution < 1.29 is 4.74 Å². The molecule has 178 valence electrons. The molecule has 2 saturated heterocycles. The topological polar surface area (TPSA) is 45.6 Å². The van der Waals surface area contributed by atoms with Crippen molar-refractivity contribution in [3.8, 4) is 5.69 Å². The summed E-state index contributed by atoms with van der Waals surface area (Å²) in [6.07, 6.45) is 1.86. The second-order valence-corrected chi connectivity index (χ2v) is 9.66. The summed E-state index contributed by atoms with van der Waals surface area (Å²) in [6.45, 7) is 12.0. The van der Waals surface area contributed by atoms with Gasteiger partial charge in [0, 0.05) is 49.5 Å². The summed E-state index contributed by atoms with van der Waals surface area (Å²) in [5.41, 5.74) is 7.24. The lowest BCUT2D eigenvalue weighted by atomic mass is 9.96. The number of nitrogens with zero attached hydrogens (tertiary/aromatic N) is 4. The monoisotopic (exact) mass is 475 g/mol. The third-order valence-corrected chi connectivity index (χ3v) is 7.36. The molecule has 0 unspecified atom stereocenters. The van der Waals surface area contributed by atoms with Gasteiger partial charge in [0.05, 0.1) is 31.0 Å². The molecule has 6 nitrogen and oxygen atoms in total. The average molecular weight is 476 g/mol.